The molecule has 1 aromatic heterocycles. The van der Waals surface area contributed by atoms with Gasteiger partial charge in [-0.2, -0.15) is 0 Å². The summed E-state index contributed by atoms with van der Waals surface area (Å²) in [4.78, 5) is 65.1. The molecule has 3 heterocycles. The largest absolute Gasteiger partial charge is 0.506 e. The SMILES string of the molecule is CCCCOC(=O)N1CCN(C(=O)[C@H](CCC)NC(=O)c2cc(N3C[C@@H]4[C@H](C3)[C@@H]4OC(=O)O)nc(-c3ccccc3)n2)CC1. The van der Waals surface area contributed by atoms with E-state index in [9.17, 15) is 19.2 Å². The summed E-state index contributed by atoms with van der Waals surface area (Å²) in [7, 11) is 0. The van der Waals surface area contributed by atoms with Crippen LogP contribution in [0.15, 0.2) is 36.4 Å². The lowest BCUT2D eigenvalue weighted by atomic mass is 10.1. The van der Waals surface area contributed by atoms with Crippen molar-refractivity contribution in [1.29, 1.82) is 0 Å². The fourth-order valence-electron chi connectivity index (χ4n) is 5.88. The summed E-state index contributed by atoms with van der Waals surface area (Å²) in [5, 5.41) is 11.9. The number of unbranched alkanes of at least 4 members (excludes halogenated alkanes) is 1. The lowest BCUT2D eigenvalue weighted by Crippen LogP contribution is -2.56. The molecular weight excluding hydrogens is 568 g/mol. The predicted molar refractivity (Wildman–Crippen MR) is 160 cm³/mol. The molecule has 3 aliphatic rings. The van der Waals surface area contributed by atoms with Gasteiger partial charge in [0, 0.05) is 62.7 Å². The minimum atomic E-state index is -1.27. The van der Waals surface area contributed by atoms with Crippen LogP contribution in [0.1, 0.15) is 50.0 Å². The van der Waals surface area contributed by atoms with Gasteiger partial charge in [-0.3, -0.25) is 9.59 Å². The van der Waals surface area contributed by atoms with E-state index in [0.717, 1.165) is 18.4 Å². The van der Waals surface area contributed by atoms with E-state index < -0.39 is 18.1 Å². The second-order valence-corrected chi connectivity index (χ2v) is 11.5. The van der Waals surface area contributed by atoms with Gasteiger partial charge in [-0.25, -0.2) is 19.6 Å². The molecule has 0 radical (unpaired) electrons. The minimum Gasteiger partial charge on any atom is -0.450 e. The van der Waals surface area contributed by atoms with Gasteiger partial charge in [-0.15, -0.1) is 0 Å². The van der Waals surface area contributed by atoms with Crippen molar-refractivity contribution in [3.63, 3.8) is 0 Å². The number of piperazine rings is 1. The van der Waals surface area contributed by atoms with Gasteiger partial charge in [-0.05, 0) is 12.8 Å². The fraction of sp³-hybridized carbons (Fsp3) is 0.548. The summed E-state index contributed by atoms with van der Waals surface area (Å²) in [6, 6.07) is 10.2. The lowest BCUT2D eigenvalue weighted by Gasteiger charge is -2.36. The van der Waals surface area contributed by atoms with Crippen LogP contribution in [0, 0.1) is 11.8 Å². The van der Waals surface area contributed by atoms with E-state index in [2.05, 4.69) is 10.3 Å². The molecule has 0 unspecified atom stereocenters. The number of nitrogens with one attached hydrogen (secondary N) is 1. The number of amides is 3. The second kappa shape index (κ2) is 13.9. The van der Waals surface area contributed by atoms with Gasteiger partial charge in [0.05, 0.1) is 6.61 Å². The number of carboxylic acid groups (broad SMARTS) is 1. The average molecular weight is 609 g/mol. The molecule has 2 aliphatic heterocycles. The Bertz CT molecular complexity index is 1340. The van der Waals surface area contributed by atoms with Crippen molar-refractivity contribution < 1.29 is 33.8 Å². The number of hydrogen-bond donors (Lipinski definition) is 2. The van der Waals surface area contributed by atoms with Crippen LogP contribution in [0.25, 0.3) is 11.4 Å². The molecule has 236 valence electrons. The predicted octanol–water partition coefficient (Wildman–Crippen LogP) is 3.25. The molecule has 2 saturated heterocycles. The number of aromatic nitrogens is 2. The Balaban J connectivity index is 1.27. The zero-order chi connectivity index (χ0) is 31.2. The van der Waals surface area contributed by atoms with Gasteiger partial charge < -0.3 is 34.6 Å². The van der Waals surface area contributed by atoms with Gasteiger partial charge in [0.1, 0.15) is 23.7 Å². The third kappa shape index (κ3) is 7.20. The molecular formula is C31H40N6O7. The first-order valence-corrected chi connectivity index (χ1v) is 15.4. The van der Waals surface area contributed by atoms with Crippen LogP contribution in [-0.4, -0.2) is 107 Å². The summed E-state index contributed by atoms with van der Waals surface area (Å²) in [6.07, 6.45) is 0.938. The van der Waals surface area contributed by atoms with E-state index in [0.29, 0.717) is 70.4 Å². The highest BCUT2D eigenvalue weighted by Gasteiger charge is 2.59. The number of carbonyl (C=O) groups is 4. The highest BCUT2D eigenvalue weighted by Crippen LogP contribution is 2.48. The number of piperidine rings is 1. The number of nitrogens with zero attached hydrogens (tertiary/aromatic N) is 5. The Hall–Kier alpha value is -4.42. The molecule has 2 aromatic rings. The average Bonchev–Trinajstić information content (AvgIpc) is 3.45. The third-order valence-corrected chi connectivity index (χ3v) is 8.41. The van der Waals surface area contributed by atoms with E-state index in [-0.39, 0.29) is 35.6 Å². The van der Waals surface area contributed by atoms with E-state index >= 15 is 0 Å². The van der Waals surface area contributed by atoms with Crippen molar-refractivity contribution in [3.8, 4) is 11.4 Å². The molecule has 44 heavy (non-hydrogen) atoms. The molecule has 13 heteroatoms. The molecule has 1 saturated carbocycles. The van der Waals surface area contributed by atoms with Gasteiger partial charge in [0.2, 0.25) is 5.91 Å². The van der Waals surface area contributed by atoms with Crippen molar-refractivity contribution in [2.75, 3.05) is 50.8 Å². The molecule has 3 amide bonds. The number of hydrogen-bond acceptors (Lipinski definition) is 9. The summed E-state index contributed by atoms with van der Waals surface area (Å²) in [5.41, 5.74) is 0.883. The first-order valence-electron chi connectivity index (χ1n) is 15.4. The number of rotatable bonds is 11. The van der Waals surface area contributed by atoms with Gasteiger partial charge in [0.15, 0.2) is 5.82 Å². The highest BCUT2D eigenvalue weighted by atomic mass is 16.7. The van der Waals surface area contributed by atoms with Crippen molar-refractivity contribution in [2.24, 2.45) is 11.8 Å². The summed E-state index contributed by atoms with van der Waals surface area (Å²) < 4.78 is 10.3. The van der Waals surface area contributed by atoms with E-state index in [1.807, 2.05) is 49.1 Å². The number of benzene rings is 1. The zero-order valence-corrected chi connectivity index (χ0v) is 25.2. The fourth-order valence-corrected chi connectivity index (χ4v) is 5.88. The van der Waals surface area contributed by atoms with Crippen molar-refractivity contribution in [1.82, 2.24) is 25.1 Å². The number of anilines is 1. The number of carbonyl (C=O) groups excluding carboxylic acids is 3. The minimum absolute atomic E-state index is 0.0868. The Morgan fingerprint density at radius 2 is 1.66 bits per heavy atom. The van der Waals surface area contributed by atoms with Gasteiger partial charge >= 0.3 is 12.2 Å². The number of ether oxygens (including phenoxy) is 2. The Kier molecular flexibility index (Phi) is 9.81. The lowest BCUT2D eigenvalue weighted by molar-refractivity contribution is -0.135. The van der Waals surface area contributed by atoms with Crippen LogP contribution in [0.4, 0.5) is 15.4 Å². The van der Waals surface area contributed by atoms with Crippen LogP contribution in [0.2, 0.25) is 0 Å². The second-order valence-electron chi connectivity index (χ2n) is 11.5. The van der Waals surface area contributed by atoms with Crippen LogP contribution < -0.4 is 10.2 Å². The maximum atomic E-state index is 13.6. The van der Waals surface area contributed by atoms with E-state index in [1.165, 1.54) is 0 Å². The Morgan fingerprint density at radius 3 is 2.30 bits per heavy atom. The van der Waals surface area contributed by atoms with Crippen LogP contribution in [0.3, 0.4) is 0 Å². The van der Waals surface area contributed by atoms with Crippen molar-refractivity contribution in [3.05, 3.63) is 42.1 Å². The first-order chi connectivity index (χ1) is 21.3. The standard InChI is InChI=1S/C31H40N6O7/c1-3-5-16-43-30(40)36-14-12-35(13-15-36)29(39)23(9-4-2)33-28(38)24-17-25(34-27(32-24)20-10-7-6-8-11-20)37-18-21-22(19-37)26(21)44-31(41)42/h6-8,10-11,17,21-23,26H,3-5,9,12-16,18-19H2,1-2H3,(H,33,38)(H,41,42)/t21-,22+,23-,26-/m0/s1. The molecule has 4 atom stereocenters. The van der Waals surface area contributed by atoms with Gasteiger partial charge in [-0.1, -0.05) is 57.0 Å². The maximum absolute atomic E-state index is 13.6. The molecule has 1 aromatic carbocycles. The highest BCUT2D eigenvalue weighted by molar-refractivity contribution is 5.97. The van der Waals surface area contributed by atoms with Crippen LogP contribution in [0.5, 0.6) is 0 Å². The molecule has 3 fully saturated rings. The smallest absolute Gasteiger partial charge is 0.450 e. The topological polar surface area (TPSA) is 154 Å². The molecule has 0 bridgehead atoms. The summed E-state index contributed by atoms with van der Waals surface area (Å²) in [5.74, 6) is 0.443. The zero-order valence-electron chi connectivity index (χ0n) is 25.2. The Morgan fingerprint density at radius 1 is 0.977 bits per heavy atom. The molecule has 2 N–H and O–H groups in total. The van der Waals surface area contributed by atoms with Crippen molar-refractivity contribution >= 4 is 29.9 Å². The molecule has 5 rings (SSSR count). The van der Waals surface area contributed by atoms with E-state index in [4.69, 9.17) is 19.6 Å². The maximum Gasteiger partial charge on any atom is 0.506 e. The van der Waals surface area contributed by atoms with Crippen LogP contribution in [-0.2, 0) is 14.3 Å². The van der Waals surface area contributed by atoms with E-state index in [1.54, 1.807) is 15.9 Å². The summed E-state index contributed by atoms with van der Waals surface area (Å²) >= 11 is 0. The summed E-state index contributed by atoms with van der Waals surface area (Å²) in [6.45, 7) is 6.94. The van der Waals surface area contributed by atoms with Crippen LogP contribution >= 0.6 is 0 Å². The number of fused-ring (bicyclic) bond motifs is 1. The Labute approximate surface area is 256 Å². The molecule has 0 spiro atoms. The van der Waals surface area contributed by atoms with Crippen molar-refractivity contribution in [2.45, 2.75) is 51.7 Å². The quantitative estimate of drug-likeness (QED) is 0.287. The normalized spacial score (nSPS) is 21.3. The van der Waals surface area contributed by atoms with Gasteiger partial charge in [0.25, 0.3) is 5.91 Å². The molecule has 1 aliphatic carbocycles. The first kappa shape index (κ1) is 31.0. The monoisotopic (exact) mass is 608 g/mol. The third-order valence-electron chi connectivity index (χ3n) is 8.41. The molecule has 13 nitrogen and oxygen atoms in total.